The first-order valence-corrected chi connectivity index (χ1v) is 3.68. The van der Waals surface area contributed by atoms with Crippen molar-refractivity contribution >= 4 is 5.97 Å². The number of aromatic nitrogens is 1. The van der Waals surface area contributed by atoms with Crippen molar-refractivity contribution in [1.82, 2.24) is 9.88 Å². The van der Waals surface area contributed by atoms with Crippen LogP contribution < -0.4 is 5.32 Å². The standard InChI is InChI=1S/C8H12N2O2/c1-9-4-6-3-7(8(11)12)10(2)5-6/h3,5,9H,4H2,1-2H3,(H,11,12). The second-order valence-corrected chi connectivity index (χ2v) is 2.68. The number of hydrogen-bond donors (Lipinski definition) is 2. The van der Waals surface area contributed by atoms with Gasteiger partial charge in [0.05, 0.1) is 0 Å². The van der Waals surface area contributed by atoms with Crippen LogP contribution in [0.1, 0.15) is 16.1 Å². The van der Waals surface area contributed by atoms with Gasteiger partial charge in [0.25, 0.3) is 0 Å². The van der Waals surface area contributed by atoms with Gasteiger partial charge in [-0.05, 0) is 18.7 Å². The summed E-state index contributed by atoms with van der Waals surface area (Å²) in [7, 11) is 3.55. The fourth-order valence-corrected chi connectivity index (χ4v) is 1.15. The van der Waals surface area contributed by atoms with Crippen LogP contribution in [0.2, 0.25) is 0 Å². The average Bonchev–Trinajstić information content (AvgIpc) is 2.32. The van der Waals surface area contributed by atoms with E-state index in [1.165, 1.54) is 0 Å². The topological polar surface area (TPSA) is 54.3 Å². The number of rotatable bonds is 3. The number of carboxylic acids is 1. The highest BCUT2D eigenvalue weighted by Gasteiger charge is 2.08. The van der Waals surface area contributed by atoms with Crippen LogP contribution in [0.4, 0.5) is 0 Å². The lowest BCUT2D eigenvalue weighted by Crippen LogP contribution is -2.03. The van der Waals surface area contributed by atoms with Crippen molar-refractivity contribution in [2.24, 2.45) is 7.05 Å². The Kier molecular flexibility index (Phi) is 2.50. The molecular weight excluding hydrogens is 156 g/mol. The van der Waals surface area contributed by atoms with Crippen LogP contribution in [0, 0.1) is 0 Å². The number of nitrogens with one attached hydrogen (secondary N) is 1. The summed E-state index contributed by atoms with van der Waals surface area (Å²) in [6.45, 7) is 0.696. The summed E-state index contributed by atoms with van der Waals surface area (Å²) in [5, 5.41) is 11.7. The van der Waals surface area contributed by atoms with Crippen molar-refractivity contribution in [2.45, 2.75) is 6.54 Å². The molecular formula is C8H12N2O2. The lowest BCUT2D eigenvalue weighted by Gasteiger charge is -1.93. The van der Waals surface area contributed by atoms with Gasteiger partial charge in [0.2, 0.25) is 0 Å². The summed E-state index contributed by atoms with van der Waals surface area (Å²) in [4.78, 5) is 10.6. The smallest absolute Gasteiger partial charge is 0.352 e. The van der Waals surface area contributed by atoms with E-state index in [1.54, 1.807) is 23.9 Å². The Morgan fingerprint density at radius 1 is 1.75 bits per heavy atom. The highest BCUT2D eigenvalue weighted by Crippen LogP contribution is 2.06. The van der Waals surface area contributed by atoms with Crippen molar-refractivity contribution in [2.75, 3.05) is 7.05 Å². The Balaban J connectivity index is 2.92. The predicted molar refractivity (Wildman–Crippen MR) is 45.1 cm³/mol. The van der Waals surface area contributed by atoms with Gasteiger partial charge in [0.1, 0.15) is 5.69 Å². The van der Waals surface area contributed by atoms with Gasteiger partial charge in [0, 0.05) is 19.8 Å². The summed E-state index contributed by atoms with van der Waals surface area (Å²) in [6, 6.07) is 1.67. The molecule has 1 rings (SSSR count). The Hall–Kier alpha value is -1.29. The van der Waals surface area contributed by atoms with E-state index in [0.717, 1.165) is 5.56 Å². The fraction of sp³-hybridized carbons (Fsp3) is 0.375. The lowest BCUT2D eigenvalue weighted by molar-refractivity contribution is 0.0686. The molecule has 66 valence electrons. The van der Waals surface area contributed by atoms with Gasteiger partial charge in [-0.2, -0.15) is 0 Å². The molecule has 4 heteroatoms. The van der Waals surface area contributed by atoms with Crippen LogP contribution >= 0.6 is 0 Å². The number of carbonyl (C=O) groups is 1. The molecule has 0 aliphatic rings. The van der Waals surface area contributed by atoms with Crippen LogP contribution in [0.3, 0.4) is 0 Å². The SMILES string of the molecule is CNCc1cc(C(=O)O)n(C)c1. The molecule has 1 aromatic heterocycles. The van der Waals surface area contributed by atoms with Gasteiger partial charge in [-0.1, -0.05) is 0 Å². The van der Waals surface area contributed by atoms with E-state index in [0.29, 0.717) is 12.2 Å². The maximum absolute atomic E-state index is 10.6. The van der Waals surface area contributed by atoms with Crippen molar-refractivity contribution in [3.63, 3.8) is 0 Å². The maximum atomic E-state index is 10.6. The van der Waals surface area contributed by atoms with E-state index in [4.69, 9.17) is 5.11 Å². The Morgan fingerprint density at radius 3 is 2.83 bits per heavy atom. The second-order valence-electron chi connectivity index (χ2n) is 2.68. The highest BCUT2D eigenvalue weighted by atomic mass is 16.4. The van der Waals surface area contributed by atoms with Crippen molar-refractivity contribution < 1.29 is 9.90 Å². The number of hydrogen-bond acceptors (Lipinski definition) is 2. The second kappa shape index (κ2) is 3.40. The van der Waals surface area contributed by atoms with Gasteiger partial charge in [-0.25, -0.2) is 4.79 Å². The quantitative estimate of drug-likeness (QED) is 0.688. The lowest BCUT2D eigenvalue weighted by atomic mass is 10.3. The Morgan fingerprint density at radius 2 is 2.42 bits per heavy atom. The molecule has 4 nitrogen and oxygen atoms in total. The first-order valence-electron chi connectivity index (χ1n) is 3.68. The van der Waals surface area contributed by atoms with E-state index in [2.05, 4.69) is 5.32 Å². The molecule has 0 atom stereocenters. The van der Waals surface area contributed by atoms with Crippen LogP contribution in [0.5, 0.6) is 0 Å². The molecule has 0 aliphatic carbocycles. The molecule has 0 spiro atoms. The summed E-state index contributed by atoms with van der Waals surface area (Å²) < 4.78 is 1.61. The number of carboxylic acid groups (broad SMARTS) is 1. The average molecular weight is 168 g/mol. The fourth-order valence-electron chi connectivity index (χ4n) is 1.15. The van der Waals surface area contributed by atoms with Crippen LogP contribution in [-0.4, -0.2) is 22.7 Å². The van der Waals surface area contributed by atoms with E-state index >= 15 is 0 Å². The molecule has 0 saturated carbocycles. The summed E-state index contributed by atoms with van der Waals surface area (Å²) in [5.41, 5.74) is 1.30. The molecule has 0 radical (unpaired) electrons. The van der Waals surface area contributed by atoms with E-state index in [-0.39, 0.29) is 0 Å². The van der Waals surface area contributed by atoms with E-state index in [9.17, 15) is 4.79 Å². The van der Waals surface area contributed by atoms with Gasteiger partial charge < -0.3 is 15.0 Å². The van der Waals surface area contributed by atoms with Crippen LogP contribution in [0.25, 0.3) is 0 Å². The molecule has 1 heterocycles. The monoisotopic (exact) mass is 168 g/mol. The minimum Gasteiger partial charge on any atom is -0.477 e. The Labute approximate surface area is 70.8 Å². The van der Waals surface area contributed by atoms with Crippen LogP contribution in [-0.2, 0) is 13.6 Å². The third kappa shape index (κ3) is 1.65. The van der Waals surface area contributed by atoms with Gasteiger partial charge in [0.15, 0.2) is 0 Å². The summed E-state index contributed by atoms with van der Waals surface area (Å²) >= 11 is 0. The molecule has 1 aromatic rings. The number of aromatic carboxylic acids is 1. The van der Waals surface area contributed by atoms with Gasteiger partial charge >= 0.3 is 5.97 Å². The molecule has 0 saturated heterocycles. The first-order chi connectivity index (χ1) is 5.65. The zero-order valence-corrected chi connectivity index (χ0v) is 7.16. The largest absolute Gasteiger partial charge is 0.477 e. The molecule has 0 unspecified atom stereocenters. The van der Waals surface area contributed by atoms with Gasteiger partial charge in [-0.3, -0.25) is 0 Å². The van der Waals surface area contributed by atoms with Crippen LogP contribution in [0.15, 0.2) is 12.3 Å². The highest BCUT2D eigenvalue weighted by molar-refractivity contribution is 5.86. The molecule has 2 N–H and O–H groups in total. The first kappa shape index (κ1) is 8.80. The molecule has 0 aromatic carbocycles. The summed E-state index contributed by atoms with van der Waals surface area (Å²) in [5.74, 6) is -0.889. The number of aryl methyl sites for hydroxylation is 1. The maximum Gasteiger partial charge on any atom is 0.352 e. The van der Waals surface area contributed by atoms with Crippen molar-refractivity contribution in [3.8, 4) is 0 Å². The molecule has 0 aliphatic heterocycles. The van der Waals surface area contributed by atoms with Crippen molar-refractivity contribution in [3.05, 3.63) is 23.5 Å². The third-order valence-electron chi connectivity index (χ3n) is 1.66. The molecule has 0 amide bonds. The normalized spacial score (nSPS) is 10.2. The van der Waals surface area contributed by atoms with Crippen molar-refractivity contribution in [1.29, 1.82) is 0 Å². The Bertz CT molecular complexity index is 291. The minimum absolute atomic E-state index is 0.320. The zero-order chi connectivity index (χ0) is 9.14. The molecule has 12 heavy (non-hydrogen) atoms. The molecule has 0 bridgehead atoms. The van der Waals surface area contributed by atoms with E-state index < -0.39 is 5.97 Å². The third-order valence-corrected chi connectivity index (χ3v) is 1.66. The van der Waals surface area contributed by atoms with E-state index in [1.807, 2.05) is 7.05 Å². The zero-order valence-electron chi connectivity index (χ0n) is 7.16. The van der Waals surface area contributed by atoms with Gasteiger partial charge in [-0.15, -0.1) is 0 Å². The summed E-state index contributed by atoms with van der Waals surface area (Å²) in [6.07, 6.45) is 1.81. The molecule has 0 fully saturated rings. The number of nitrogens with zero attached hydrogens (tertiary/aromatic N) is 1. The minimum atomic E-state index is -0.889. The predicted octanol–water partition coefficient (Wildman–Crippen LogP) is 0.443.